The van der Waals surface area contributed by atoms with Gasteiger partial charge < -0.3 is 35.2 Å². The first-order valence-electron chi connectivity index (χ1n) is 14.5. The molecule has 1 aliphatic carbocycles. The molecule has 40 heavy (non-hydrogen) atoms. The summed E-state index contributed by atoms with van der Waals surface area (Å²) in [6.45, 7) is 4.93. The van der Waals surface area contributed by atoms with Crippen LogP contribution in [-0.4, -0.2) is 80.4 Å². The van der Waals surface area contributed by atoms with Gasteiger partial charge in [-0.25, -0.2) is 4.98 Å². The van der Waals surface area contributed by atoms with E-state index in [0.717, 1.165) is 63.1 Å². The summed E-state index contributed by atoms with van der Waals surface area (Å²) in [6, 6.07) is 5.30. The Bertz CT molecular complexity index is 1200. The van der Waals surface area contributed by atoms with Crippen molar-refractivity contribution in [1.29, 1.82) is 0 Å². The number of ether oxygens (including phenoxy) is 2. The predicted octanol–water partition coefficient (Wildman–Crippen LogP) is 3.23. The zero-order chi connectivity index (χ0) is 28.1. The van der Waals surface area contributed by atoms with Crippen LogP contribution < -0.4 is 30.5 Å². The molecule has 3 heterocycles. The van der Waals surface area contributed by atoms with Crippen molar-refractivity contribution in [3.63, 3.8) is 0 Å². The highest BCUT2D eigenvalue weighted by atomic mass is 16.5. The van der Waals surface area contributed by atoms with Crippen LogP contribution in [0, 0.1) is 0 Å². The number of rotatable bonds is 10. The average Bonchev–Trinajstić information content (AvgIpc) is 3.52. The second-order valence-electron chi connectivity index (χ2n) is 10.7. The predicted molar refractivity (Wildman–Crippen MR) is 155 cm³/mol. The molecule has 3 N–H and O–H groups in total. The molecule has 0 unspecified atom stereocenters. The number of likely N-dealkylation sites (N-methyl/N-ethyl adjacent to an activating group) is 1. The van der Waals surface area contributed by atoms with Gasteiger partial charge >= 0.3 is 0 Å². The van der Waals surface area contributed by atoms with Crippen molar-refractivity contribution >= 4 is 35.0 Å². The van der Waals surface area contributed by atoms with E-state index in [2.05, 4.69) is 25.8 Å². The fourth-order valence-electron chi connectivity index (χ4n) is 5.95. The first-order chi connectivity index (χ1) is 19.5. The Morgan fingerprint density at radius 1 is 1.18 bits per heavy atom. The topological polar surface area (TPSA) is 121 Å². The molecule has 0 spiro atoms. The summed E-state index contributed by atoms with van der Waals surface area (Å²) in [5, 5.41) is 9.51. The lowest BCUT2D eigenvalue weighted by molar-refractivity contribution is -0.120. The summed E-state index contributed by atoms with van der Waals surface area (Å²) in [4.78, 5) is 39.2. The van der Waals surface area contributed by atoms with Crippen molar-refractivity contribution in [2.24, 2.45) is 0 Å². The molecule has 0 bridgehead atoms. The quantitative estimate of drug-likeness (QED) is 0.382. The van der Waals surface area contributed by atoms with Crippen LogP contribution in [0.4, 0.5) is 23.1 Å². The van der Waals surface area contributed by atoms with Crippen LogP contribution in [0.2, 0.25) is 0 Å². The summed E-state index contributed by atoms with van der Waals surface area (Å²) in [7, 11) is 3.36. The Balaban J connectivity index is 1.28. The summed E-state index contributed by atoms with van der Waals surface area (Å²) < 4.78 is 11.5. The third-order valence-corrected chi connectivity index (χ3v) is 8.15. The number of amides is 2. The van der Waals surface area contributed by atoms with E-state index in [-0.39, 0.29) is 24.0 Å². The summed E-state index contributed by atoms with van der Waals surface area (Å²) >= 11 is 0. The zero-order valence-electron chi connectivity index (χ0n) is 23.7. The van der Waals surface area contributed by atoms with Crippen molar-refractivity contribution in [2.45, 2.75) is 70.1 Å². The van der Waals surface area contributed by atoms with Crippen LogP contribution in [0.1, 0.15) is 62.2 Å². The number of nitrogens with zero attached hydrogens (tertiary/aromatic N) is 4. The number of piperidine rings is 1. The Morgan fingerprint density at radius 2 is 1.95 bits per heavy atom. The number of aromatic nitrogens is 2. The third-order valence-electron chi connectivity index (χ3n) is 8.15. The molecule has 2 amide bonds. The Labute approximate surface area is 236 Å². The van der Waals surface area contributed by atoms with Crippen LogP contribution in [0.5, 0.6) is 5.75 Å². The lowest BCUT2D eigenvalue weighted by atomic mass is 10.0. The molecule has 1 saturated heterocycles. The minimum atomic E-state index is -0.235. The second-order valence-corrected chi connectivity index (χ2v) is 10.7. The molecule has 0 radical (unpaired) electrons. The maximum atomic E-state index is 13.1. The highest BCUT2D eigenvalue weighted by Crippen LogP contribution is 2.40. The Kier molecular flexibility index (Phi) is 9.01. The molecule has 1 aromatic carbocycles. The fraction of sp³-hybridized carbons (Fsp3) is 0.586. The molecule has 11 heteroatoms. The van der Waals surface area contributed by atoms with E-state index >= 15 is 0 Å². The number of methoxy groups -OCH3 is 1. The standard InChI is InChI=1S/C29H41N7O4/c1-4-23-28(38)35(2)24-18-32-29(34-26(24)36(23)20-7-5-6-8-20)33-22-10-9-19(17-25(22)39-3)27(37)31-15-16-40-21-11-13-30-14-12-21/h9-10,17-18,20-21,23,30H,4-8,11-16H2,1-3H3,(H,31,37)(H,32,33,34)/t23-/m1/s1. The molecule has 1 atom stereocenters. The summed E-state index contributed by atoms with van der Waals surface area (Å²) in [5.41, 5.74) is 1.86. The molecule has 1 saturated carbocycles. The number of nitrogens with one attached hydrogen (secondary N) is 3. The van der Waals surface area contributed by atoms with Gasteiger partial charge in [0.2, 0.25) is 11.9 Å². The average molecular weight is 552 g/mol. The number of benzene rings is 1. The van der Waals surface area contributed by atoms with Crippen LogP contribution >= 0.6 is 0 Å². The van der Waals surface area contributed by atoms with Gasteiger partial charge in [0.05, 0.1) is 31.7 Å². The number of carbonyl (C=O) groups excluding carboxylic acids is 2. The van der Waals surface area contributed by atoms with Gasteiger partial charge in [-0.1, -0.05) is 19.8 Å². The lowest BCUT2D eigenvalue weighted by Gasteiger charge is -2.43. The first-order valence-corrected chi connectivity index (χ1v) is 14.5. The van der Waals surface area contributed by atoms with Gasteiger partial charge in [0.25, 0.3) is 5.91 Å². The zero-order valence-corrected chi connectivity index (χ0v) is 23.7. The van der Waals surface area contributed by atoms with Crippen LogP contribution in [0.25, 0.3) is 0 Å². The summed E-state index contributed by atoms with van der Waals surface area (Å²) in [6.07, 6.45) is 9.12. The number of carbonyl (C=O) groups is 2. The molecular weight excluding hydrogens is 510 g/mol. The SMILES string of the molecule is CC[C@@H]1C(=O)N(C)c2cnc(Nc3ccc(C(=O)NCCOC4CCNCC4)cc3OC)nc2N1C1CCCC1. The van der Waals surface area contributed by atoms with Crippen molar-refractivity contribution in [3.8, 4) is 5.75 Å². The number of hydrogen-bond donors (Lipinski definition) is 3. The van der Waals surface area contributed by atoms with Gasteiger partial charge in [0.1, 0.15) is 17.5 Å². The van der Waals surface area contributed by atoms with E-state index < -0.39 is 0 Å². The fourth-order valence-corrected chi connectivity index (χ4v) is 5.95. The maximum absolute atomic E-state index is 13.1. The van der Waals surface area contributed by atoms with Crippen LogP contribution in [0.15, 0.2) is 24.4 Å². The van der Waals surface area contributed by atoms with Gasteiger partial charge in [-0.2, -0.15) is 4.98 Å². The largest absolute Gasteiger partial charge is 0.495 e. The van der Waals surface area contributed by atoms with E-state index in [0.29, 0.717) is 48.6 Å². The van der Waals surface area contributed by atoms with Crippen molar-refractivity contribution < 1.29 is 19.1 Å². The summed E-state index contributed by atoms with van der Waals surface area (Å²) in [5.74, 6) is 1.59. The molecule has 2 aromatic rings. The van der Waals surface area contributed by atoms with Gasteiger partial charge in [0, 0.05) is 25.2 Å². The van der Waals surface area contributed by atoms with Crippen molar-refractivity contribution in [1.82, 2.24) is 20.6 Å². The number of anilines is 4. The highest BCUT2D eigenvalue weighted by molar-refractivity contribution is 6.04. The lowest BCUT2D eigenvalue weighted by Crippen LogP contribution is -2.55. The van der Waals surface area contributed by atoms with Crippen LogP contribution in [0.3, 0.4) is 0 Å². The smallest absolute Gasteiger partial charge is 0.251 e. The normalized spacial score (nSPS) is 20.0. The Hall–Kier alpha value is -3.44. The number of hydrogen-bond acceptors (Lipinski definition) is 9. The van der Waals surface area contributed by atoms with E-state index in [4.69, 9.17) is 14.5 Å². The Morgan fingerprint density at radius 3 is 2.67 bits per heavy atom. The van der Waals surface area contributed by atoms with Crippen LogP contribution in [-0.2, 0) is 9.53 Å². The van der Waals surface area contributed by atoms with Gasteiger partial charge in [0.15, 0.2) is 5.82 Å². The molecule has 11 nitrogen and oxygen atoms in total. The van der Waals surface area contributed by atoms with Crippen molar-refractivity contribution in [3.05, 3.63) is 30.0 Å². The van der Waals surface area contributed by atoms with Crippen molar-refractivity contribution in [2.75, 3.05) is 55.5 Å². The molecular formula is C29H41N7O4. The molecule has 2 fully saturated rings. The number of fused-ring (bicyclic) bond motifs is 1. The maximum Gasteiger partial charge on any atom is 0.251 e. The van der Waals surface area contributed by atoms with Gasteiger partial charge in [-0.05, 0) is 63.4 Å². The van der Waals surface area contributed by atoms with E-state index in [1.807, 2.05) is 6.92 Å². The third kappa shape index (κ3) is 6.00. The van der Waals surface area contributed by atoms with E-state index in [1.165, 1.54) is 0 Å². The molecule has 3 aliphatic rings. The molecule has 2 aliphatic heterocycles. The van der Waals surface area contributed by atoms with E-state index in [9.17, 15) is 9.59 Å². The molecule has 5 rings (SSSR count). The minimum Gasteiger partial charge on any atom is -0.495 e. The van der Waals surface area contributed by atoms with Gasteiger partial charge in [-0.3, -0.25) is 9.59 Å². The molecule has 1 aromatic heterocycles. The molecule has 216 valence electrons. The monoisotopic (exact) mass is 551 g/mol. The van der Waals surface area contributed by atoms with Gasteiger partial charge in [-0.15, -0.1) is 0 Å². The first kappa shape index (κ1) is 28.1. The second kappa shape index (κ2) is 12.8. The van der Waals surface area contributed by atoms with E-state index in [1.54, 1.807) is 43.5 Å². The minimum absolute atomic E-state index is 0.0830. The highest BCUT2D eigenvalue weighted by Gasteiger charge is 2.41.